The number of benzene rings is 1. The van der Waals surface area contributed by atoms with E-state index in [4.69, 9.17) is 4.74 Å². The van der Waals surface area contributed by atoms with Crippen LogP contribution in [0.2, 0.25) is 0 Å². The maximum atomic E-state index is 11.8. The van der Waals surface area contributed by atoms with Gasteiger partial charge in [-0.2, -0.15) is 0 Å². The molecule has 3 heteroatoms. The highest BCUT2D eigenvalue weighted by molar-refractivity contribution is 5.90. The molecule has 0 amide bonds. The predicted octanol–water partition coefficient (Wildman–Crippen LogP) is 1.82. The van der Waals surface area contributed by atoms with Gasteiger partial charge in [-0.15, -0.1) is 0 Å². The molecule has 0 unspecified atom stereocenters. The molecular weight excluding hydrogens is 202 g/mol. The molecule has 1 aliphatic heterocycles. The van der Waals surface area contributed by atoms with Crippen molar-refractivity contribution in [2.45, 2.75) is 13.3 Å². The second-order valence-electron chi connectivity index (χ2n) is 3.85. The summed E-state index contributed by atoms with van der Waals surface area (Å²) in [6.07, 6.45) is 2.83. The summed E-state index contributed by atoms with van der Waals surface area (Å²) in [6, 6.07) is 7.53. The van der Waals surface area contributed by atoms with Crippen LogP contribution in [0.4, 0.5) is 0 Å². The van der Waals surface area contributed by atoms with Gasteiger partial charge in [-0.3, -0.25) is 0 Å². The molecule has 0 bridgehead atoms. The highest BCUT2D eigenvalue weighted by Gasteiger charge is 2.14. The molecule has 1 aromatic carbocycles. The quantitative estimate of drug-likeness (QED) is 0.606. The largest absolute Gasteiger partial charge is 0.423 e. The summed E-state index contributed by atoms with van der Waals surface area (Å²) < 4.78 is 5.34. The third-order valence-corrected chi connectivity index (χ3v) is 2.59. The lowest BCUT2D eigenvalue weighted by molar-refractivity contribution is -0.130. The summed E-state index contributed by atoms with van der Waals surface area (Å²) in [5.41, 5.74) is 1.69. The van der Waals surface area contributed by atoms with Gasteiger partial charge < -0.3 is 10.1 Å². The van der Waals surface area contributed by atoms with E-state index in [2.05, 4.69) is 5.32 Å². The lowest BCUT2D eigenvalue weighted by atomic mass is 10.1. The first-order chi connectivity index (χ1) is 7.77. The van der Waals surface area contributed by atoms with Crippen molar-refractivity contribution in [2.75, 3.05) is 13.1 Å². The zero-order chi connectivity index (χ0) is 11.4. The van der Waals surface area contributed by atoms with E-state index >= 15 is 0 Å². The number of aryl methyl sites for hydroxylation is 1. The van der Waals surface area contributed by atoms with Crippen LogP contribution in [0.1, 0.15) is 12.0 Å². The average Bonchev–Trinajstić information content (AvgIpc) is 2.33. The molecule has 0 radical (unpaired) electrons. The van der Waals surface area contributed by atoms with E-state index < -0.39 is 0 Å². The minimum Gasteiger partial charge on any atom is -0.423 e. The van der Waals surface area contributed by atoms with Crippen molar-refractivity contribution in [2.24, 2.45) is 0 Å². The summed E-state index contributed by atoms with van der Waals surface area (Å²) in [6.45, 7) is 3.46. The first kappa shape index (κ1) is 10.9. The van der Waals surface area contributed by atoms with Gasteiger partial charge in [0, 0.05) is 12.1 Å². The molecule has 1 N–H and O–H groups in total. The SMILES string of the molecule is Cc1ccccc1OC(=O)C1=CCCNC1. The van der Waals surface area contributed by atoms with Crippen molar-refractivity contribution >= 4 is 5.97 Å². The molecule has 0 atom stereocenters. The Labute approximate surface area is 95.1 Å². The minimum atomic E-state index is -0.249. The Morgan fingerprint density at radius 1 is 1.38 bits per heavy atom. The third-order valence-electron chi connectivity index (χ3n) is 2.59. The third kappa shape index (κ3) is 2.49. The molecule has 1 aliphatic rings. The monoisotopic (exact) mass is 217 g/mol. The van der Waals surface area contributed by atoms with E-state index in [9.17, 15) is 4.79 Å². The van der Waals surface area contributed by atoms with E-state index in [0.29, 0.717) is 12.3 Å². The second kappa shape index (κ2) is 4.94. The van der Waals surface area contributed by atoms with Gasteiger partial charge in [0.1, 0.15) is 5.75 Å². The minimum absolute atomic E-state index is 0.249. The van der Waals surface area contributed by atoms with Crippen molar-refractivity contribution in [3.63, 3.8) is 0 Å². The van der Waals surface area contributed by atoms with Crippen LogP contribution >= 0.6 is 0 Å². The van der Waals surface area contributed by atoms with Crippen LogP contribution in [0.15, 0.2) is 35.9 Å². The summed E-state index contributed by atoms with van der Waals surface area (Å²) >= 11 is 0. The number of rotatable bonds is 2. The summed E-state index contributed by atoms with van der Waals surface area (Å²) in [7, 11) is 0. The van der Waals surface area contributed by atoms with Gasteiger partial charge in [0.15, 0.2) is 0 Å². The topological polar surface area (TPSA) is 38.3 Å². The molecule has 0 aromatic heterocycles. The van der Waals surface area contributed by atoms with Gasteiger partial charge in [0.2, 0.25) is 0 Å². The van der Waals surface area contributed by atoms with Crippen molar-refractivity contribution in [3.05, 3.63) is 41.5 Å². The maximum Gasteiger partial charge on any atom is 0.340 e. The Morgan fingerprint density at radius 3 is 2.88 bits per heavy atom. The van der Waals surface area contributed by atoms with Crippen LogP contribution in [0.5, 0.6) is 5.75 Å². The average molecular weight is 217 g/mol. The Hall–Kier alpha value is -1.61. The fourth-order valence-corrected chi connectivity index (χ4v) is 1.64. The summed E-state index contributed by atoms with van der Waals surface area (Å²) in [5, 5.41) is 3.15. The molecule has 0 saturated carbocycles. The van der Waals surface area contributed by atoms with Crippen LogP contribution in [-0.2, 0) is 4.79 Å². The smallest absolute Gasteiger partial charge is 0.340 e. The molecule has 0 aliphatic carbocycles. The Morgan fingerprint density at radius 2 is 2.19 bits per heavy atom. The van der Waals surface area contributed by atoms with Crippen LogP contribution in [0.3, 0.4) is 0 Å². The van der Waals surface area contributed by atoms with Crippen molar-refractivity contribution in [1.82, 2.24) is 5.32 Å². The lowest BCUT2D eigenvalue weighted by Crippen LogP contribution is -2.28. The molecule has 84 valence electrons. The van der Waals surface area contributed by atoms with Crippen LogP contribution < -0.4 is 10.1 Å². The second-order valence-corrected chi connectivity index (χ2v) is 3.85. The van der Waals surface area contributed by atoms with E-state index in [1.54, 1.807) is 0 Å². The van der Waals surface area contributed by atoms with Gasteiger partial charge in [0.05, 0.1) is 0 Å². The number of hydrogen-bond donors (Lipinski definition) is 1. The fraction of sp³-hybridized carbons (Fsp3) is 0.308. The lowest BCUT2D eigenvalue weighted by Gasteiger charge is -2.13. The zero-order valence-corrected chi connectivity index (χ0v) is 9.32. The summed E-state index contributed by atoms with van der Waals surface area (Å²) in [5.74, 6) is 0.389. The van der Waals surface area contributed by atoms with E-state index in [0.717, 1.165) is 24.1 Å². The van der Waals surface area contributed by atoms with Gasteiger partial charge in [-0.25, -0.2) is 4.79 Å². The molecule has 1 aromatic rings. The number of para-hydroxylation sites is 1. The van der Waals surface area contributed by atoms with Crippen molar-refractivity contribution in [3.8, 4) is 5.75 Å². The van der Waals surface area contributed by atoms with E-state index in [-0.39, 0.29) is 5.97 Å². The van der Waals surface area contributed by atoms with Crippen LogP contribution in [0, 0.1) is 6.92 Å². The molecular formula is C13H15NO2. The first-order valence-electron chi connectivity index (χ1n) is 5.45. The molecule has 2 rings (SSSR count). The van der Waals surface area contributed by atoms with Gasteiger partial charge in [-0.05, 0) is 31.5 Å². The van der Waals surface area contributed by atoms with Crippen molar-refractivity contribution in [1.29, 1.82) is 0 Å². The van der Waals surface area contributed by atoms with E-state index in [1.165, 1.54) is 0 Å². The number of esters is 1. The Balaban J connectivity index is 2.07. The molecule has 3 nitrogen and oxygen atoms in total. The van der Waals surface area contributed by atoms with Gasteiger partial charge in [0.25, 0.3) is 0 Å². The van der Waals surface area contributed by atoms with Crippen LogP contribution in [0.25, 0.3) is 0 Å². The highest BCUT2D eigenvalue weighted by atomic mass is 16.5. The van der Waals surface area contributed by atoms with Gasteiger partial charge in [-0.1, -0.05) is 24.3 Å². The first-order valence-corrected chi connectivity index (χ1v) is 5.45. The molecule has 1 heterocycles. The number of nitrogens with one attached hydrogen (secondary N) is 1. The highest BCUT2D eigenvalue weighted by Crippen LogP contribution is 2.17. The number of carbonyl (C=O) groups excluding carboxylic acids is 1. The fourth-order valence-electron chi connectivity index (χ4n) is 1.64. The number of carbonyl (C=O) groups is 1. The standard InChI is InChI=1S/C13H15NO2/c1-10-5-2-3-7-12(10)16-13(15)11-6-4-8-14-9-11/h2-3,5-7,14H,4,8-9H2,1H3. The van der Waals surface area contributed by atoms with Gasteiger partial charge >= 0.3 is 5.97 Å². The van der Waals surface area contributed by atoms with Crippen molar-refractivity contribution < 1.29 is 9.53 Å². The van der Waals surface area contributed by atoms with E-state index in [1.807, 2.05) is 37.3 Å². The zero-order valence-electron chi connectivity index (χ0n) is 9.32. The Bertz CT molecular complexity index is 424. The Kier molecular flexibility index (Phi) is 3.37. The van der Waals surface area contributed by atoms with Crippen LogP contribution in [-0.4, -0.2) is 19.1 Å². The predicted molar refractivity (Wildman–Crippen MR) is 62.4 cm³/mol. The molecule has 0 fully saturated rings. The normalized spacial score (nSPS) is 15.4. The maximum absolute atomic E-state index is 11.8. The summed E-state index contributed by atoms with van der Waals surface area (Å²) in [4.78, 5) is 11.8. The number of hydrogen-bond acceptors (Lipinski definition) is 3. The molecule has 16 heavy (non-hydrogen) atoms. The number of ether oxygens (including phenoxy) is 1. The molecule has 0 spiro atoms. The molecule has 0 saturated heterocycles.